The lowest BCUT2D eigenvalue weighted by molar-refractivity contribution is -0.152. The Hall–Kier alpha value is -2.57. The van der Waals surface area contributed by atoms with Gasteiger partial charge in [-0.2, -0.15) is 0 Å². The lowest BCUT2D eigenvalue weighted by Crippen LogP contribution is -2.50. The van der Waals surface area contributed by atoms with E-state index in [2.05, 4.69) is 0 Å². The molecule has 1 aliphatic heterocycles. The number of halogens is 1. The van der Waals surface area contributed by atoms with Gasteiger partial charge in [-0.15, -0.1) is 0 Å². The molecule has 3 aromatic carbocycles. The number of hydrogen-bond acceptors (Lipinski definition) is 4. The van der Waals surface area contributed by atoms with Gasteiger partial charge in [-0.25, -0.2) is 4.39 Å². The third-order valence-corrected chi connectivity index (χ3v) is 5.65. The molecule has 0 amide bonds. The fraction of sp³-hybridized carbons (Fsp3) is 0.333. The summed E-state index contributed by atoms with van der Waals surface area (Å²) in [6.07, 6.45) is -0.984. The second kappa shape index (κ2) is 11.3. The summed E-state index contributed by atoms with van der Waals surface area (Å²) in [5, 5.41) is 0. The van der Waals surface area contributed by atoms with Crippen LogP contribution in [0.2, 0.25) is 0 Å². The zero-order chi connectivity index (χ0) is 22.1. The molecule has 1 heterocycles. The number of ether oxygens (including phenoxy) is 4. The average Bonchev–Trinajstić information content (AvgIpc) is 3.21. The van der Waals surface area contributed by atoms with Crippen molar-refractivity contribution in [3.63, 3.8) is 0 Å². The molecule has 0 spiro atoms. The molecule has 0 aromatic heterocycles. The first-order valence-corrected chi connectivity index (χ1v) is 10.9. The highest BCUT2D eigenvalue weighted by molar-refractivity contribution is 5.16. The molecule has 1 aliphatic rings. The summed E-state index contributed by atoms with van der Waals surface area (Å²) in [4.78, 5) is 0. The summed E-state index contributed by atoms with van der Waals surface area (Å²) >= 11 is 0. The van der Waals surface area contributed by atoms with Crippen LogP contribution in [-0.2, 0) is 38.8 Å². The standard InChI is InChI=1S/C27H29FO4/c28-20-27(21-29-16-22-10-4-1-5-11-22)26(31-18-24-14-8-3-9-15-24)25(19-32-27)30-17-23-12-6-2-7-13-23/h1-15,25-26H,16-21H2/t25-,26+,27-/m1/s1. The third-order valence-electron chi connectivity index (χ3n) is 5.65. The molecular weight excluding hydrogens is 407 g/mol. The molecule has 1 fully saturated rings. The second-order valence-electron chi connectivity index (χ2n) is 8.04. The third kappa shape index (κ3) is 5.81. The molecule has 32 heavy (non-hydrogen) atoms. The maximum Gasteiger partial charge on any atom is 0.148 e. The second-order valence-corrected chi connectivity index (χ2v) is 8.04. The zero-order valence-corrected chi connectivity index (χ0v) is 18.1. The van der Waals surface area contributed by atoms with Crippen molar-refractivity contribution < 1.29 is 23.3 Å². The summed E-state index contributed by atoms with van der Waals surface area (Å²) in [7, 11) is 0. The van der Waals surface area contributed by atoms with E-state index in [1.54, 1.807) is 0 Å². The molecule has 3 aromatic rings. The lowest BCUT2D eigenvalue weighted by atomic mass is 9.97. The minimum atomic E-state index is -1.20. The Balaban J connectivity index is 1.44. The van der Waals surface area contributed by atoms with E-state index < -0.39 is 24.5 Å². The van der Waals surface area contributed by atoms with Gasteiger partial charge >= 0.3 is 0 Å². The SMILES string of the molecule is FC[C@]1(COCc2ccccc2)OC[C@@H](OCc2ccccc2)[C@@H]1OCc1ccccc1. The first-order valence-electron chi connectivity index (χ1n) is 10.9. The largest absolute Gasteiger partial charge is 0.374 e. The van der Waals surface area contributed by atoms with Crippen molar-refractivity contribution in [3.05, 3.63) is 108 Å². The first-order chi connectivity index (χ1) is 15.8. The molecule has 0 unspecified atom stereocenters. The first kappa shape index (κ1) is 22.6. The van der Waals surface area contributed by atoms with Crippen LogP contribution in [0.5, 0.6) is 0 Å². The molecule has 0 radical (unpaired) electrons. The van der Waals surface area contributed by atoms with Crippen LogP contribution in [0.4, 0.5) is 4.39 Å². The smallest absolute Gasteiger partial charge is 0.148 e. The van der Waals surface area contributed by atoms with E-state index in [1.807, 2.05) is 91.0 Å². The van der Waals surface area contributed by atoms with Crippen LogP contribution in [0, 0.1) is 0 Å². The minimum Gasteiger partial charge on any atom is -0.374 e. The summed E-state index contributed by atoms with van der Waals surface area (Å²) in [5.41, 5.74) is 1.88. The Bertz CT molecular complexity index is 922. The molecule has 4 rings (SSSR count). The molecule has 168 valence electrons. The van der Waals surface area contributed by atoms with Crippen LogP contribution in [-0.4, -0.2) is 37.7 Å². The molecule has 5 heteroatoms. The van der Waals surface area contributed by atoms with Gasteiger partial charge in [0.2, 0.25) is 0 Å². The molecule has 0 aliphatic carbocycles. The van der Waals surface area contributed by atoms with Gasteiger partial charge in [-0.1, -0.05) is 91.0 Å². The van der Waals surface area contributed by atoms with Crippen LogP contribution in [0.15, 0.2) is 91.0 Å². The Morgan fingerprint density at radius 2 is 1.22 bits per heavy atom. The number of rotatable bonds is 11. The van der Waals surface area contributed by atoms with Crippen molar-refractivity contribution in [2.24, 2.45) is 0 Å². The van der Waals surface area contributed by atoms with E-state index >= 15 is 0 Å². The summed E-state index contributed by atoms with van der Waals surface area (Å²) in [6, 6.07) is 29.6. The van der Waals surface area contributed by atoms with Gasteiger partial charge < -0.3 is 18.9 Å². The predicted molar refractivity (Wildman–Crippen MR) is 121 cm³/mol. The summed E-state index contributed by atoms with van der Waals surface area (Å²) < 4.78 is 38.7. The van der Waals surface area contributed by atoms with Crippen LogP contribution < -0.4 is 0 Å². The average molecular weight is 437 g/mol. The highest BCUT2D eigenvalue weighted by Crippen LogP contribution is 2.33. The molecule has 1 saturated heterocycles. The maximum atomic E-state index is 14.5. The Morgan fingerprint density at radius 1 is 0.719 bits per heavy atom. The van der Waals surface area contributed by atoms with Crippen LogP contribution >= 0.6 is 0 Å². The lowest BCUT2D eigenvalue weighted by Gasteiger charge is -2.33. The Kier molecular flexibility index (Phi) is 8.02. The minimum absolute atomic E-state index is 0.0864. The van der Waals surface area contributed by atoms with Crippen molar-refractivity contribution >= 4 is 0 Å². The molecule has 0 N–H and O–H groups in total. The summed E-state index contributed by atoms with van der Waals surface area (Å²) in [6.45, 7) is 0.765. The van der Waals surface area contributed by atoms with Gasteiger partial charge in [0.15, 0.2) is 0 Å². The Morgan fingerprint density at radius 3 is 1.75 bits per heavy atom. The fourth-order valence-corrected chi connectivity index (χ4v) is 3.88. The highest BCUT2D eigenvalue weighted by Gasteiger charge is 2.52. The number of hydrogen-bond donors (Lipinski definition) is 0. The van der Waals surface area contributed by atoms with Gasteiger partial charge in [0.25, 0.3) is 0 Å². The Labute approximate surface area is 188 Å². The van der Waals surface area contributed by atoms with Gasteiger partial charge in [-0.3, -0.25) is 0 Å². The molecule has 0 saturated carbocycles. The van der Waals surface area contributed by atoms with Crippen molar-refractivity contribution in [2.45, 2.75) is 37.6 Å². The zero-order valence-electron chi connectivity index (χ0n) is 18.1. The molecule has 4 nitrogen and oxygen atoms in total. The quantitative estimate of drug-likeness (QED) is 0.418. The number of benzene rings is 3. The molecular formula is C27H29FO4. The van der Waals surface area contributed by atoms with E-state index in [9.17, 15) is 4.39 Å². The fourth-order valence-electron chi connectivity index (χ4n) is 3.88. The van der Waals surface area contributed by atoms with Crippen molar-refractivity contribution in [1.82, 2.24) is 0 Å². The van der Waals surface area contributed by atoms with E-state index in [0.29, 0.717) is 19.8 Å². The number of alkyl halides is 1. The van der Waals surface area contributed by atoms with Crippen LogP contribution in [0.3, 0.4) is 0 Å². The van der Waals surface area contributed by atoms with Crippen molar-refractivity contribution in [2.75, 3.05) is 19.9 Å². The van der Waals surface area contributed by atoms with Crippen molar-refractivity contribution in [3.8, 4) is 0 Å². The van der Waals surface area contributed by atoms with Crippen molar-refractivity contribution in [1.29, 1.82) is 0 Å². The van der Waals surface area contributed by atoms with Gasteiger partial charge in [0.1, 0.15) is 24.5 Å². The van der Waals surface area contributed by atoms with E-state index in [4.69, 9.17) is 18.9 Å². The highest BCUT2D eigenvalue weighted by atomic mass is 19.1. The van der Waals surface area contributed by atoms with E-state index in [0.717, 1.165) is 16.7 Å². The normalized spacial score (nSPS) is 22.8. The van der Waals surface area contributed by atoms with Gasteiger partial charge in [0.05, 0.1) is 33.0 Å². The summed E-state index contributed by atoms with van der Waals surface area (Å²) in [5.74, 6) is 0. The van der Waals surface area contributed by atoms with E-state index in [-0.39, 0.29) is 13.2 Å². The molecule has 0 bridgehead atoms. The van der Waals surface area contributed by atoms with E-state index in [1.165, 1.54) is 0 Å². The van der Waals surface area contributed by atoms with Gasteiger partial charge in [-0.05, 0) is 16.7 Å². The monoisotopic (exact) mass is 436 g/mol. The predicted octanol–water partition coefficient (Wildman–Crippen LogP) is 5.11. The van der Waals surface area contributed by atoms with Gasteiger partial charge in [0, 0.05) is 0 Å². The van der Waals surface area contributed by atoms with Crippen LogP contribution in [0.25, 0.3) is 0 Å². The molecule has 3 atom stereocenters. The van der Waals surface area contributed by atoms with Crippen LogP contribution in [0.1, 0.15) is 16.7 Å². The topological polar surface area (TPSA) is 36.9 Å². The maximum absolute atomic E-state index is 14.5.